The van der Waals surface area contributed by atoms with E-state index in [9.17, 15) is 5.11 Å². The van der Waals surface area contributed by atoms with Gasteiger partial charge in [-0.15, -0.1) is 0 Å². The first-order chi connectivity index (χ1) is 5.83. The Balaban J connectivity index is 1.88. The molecule has 2 aliphatic rings. The molecule has 1 aliphatic carbocycles. The molecule has 0 aromatic carbocycles. The van der Waals surface area contributed by atoms with Crippen molar-refractivity contribution in [3.05, 3.63) is 0 Å². The quantitative estimate of drug-likeness (QED) is 0.684. The first kappa shape index (κ1) is 8.52. The Morgan fingerprint density at radius 2 is 2.17 bits per heavy atom. The molecule has 2 rings (SSSR count). The molecule has 0 radical (unpaired) electrons. The van der Waals surface area contributed by atoms with Gasteiger partial charge in [0, 0.05) is 18.6 Å². The average Bonchev–Trinajstić information content (AvgIpc) is 1.97. The first-order valence-corrected chi connectivity index (χ1v) is 5.14. The zero-order valence-corrected chi connectivity index (χ0v) is 7.87. The third-order valence-electron chi connectivity index (χ3n) is 3.80. The summed E-state index contributed by atoms with van der Waals surface area (Å²) in [5, 5.41) is 9.29. The Morgan fingerprint density at radius 1 is 1.42 bits per heavy atom. The molecule has 2 fully saturated rings. The summed E-state index contributed by atoms with van der Waals surface area (Å²) in [4.78, 5) is 2.39. The predicted molar refractivity (Wildman–Crippen MR) is 49.0 cm³/mol. The van der Waals surface area contributed by atoms with Gasteiger partial charge in [-0.25, -0.2) is 0 Å². The zero-order valence-electron chi connectivity index (χ0n) is 7.87. The molecular weight excluding hydrogens is 150 g/mol. The summed E-state index contributed by atoms with van der Waals surface area (Å²) in [6, 6.07) is 0.695. The molecule has 70 valence electrons. The fourth-order valence-electron chi connectivity index (χ4n) is 2.53. The van der Waals surface area contributed by atoms with Crippen LogP contribution in [0.15, 0.2) is 0 Å². The van der Waals surface area contributed by atoms with E-state index in [1.807, 2.05) is 0 Å². The van der Waals surface area contributed by atoms with Crippen molar-refractivity contribution in [1.29, 1.82) is 0 Å². The van der Waals surface area contributed by atoms with E-state index < -0.39 is 0 Å². The molecular formula is C10H19NO. The topological polar surface area (TPSA) is 23.5 Å². The second-order valence-electron chi connectivity index (χ2n) is 4.37. The second kappa shape index (κ2) is 3.35. The highest BCUT2D eigenvalue weighted by Gasteiger charge is 2.38. The van der Waals surface area contributed by atoms with Crippen molar-refractivity contribution in [2.24, 2.45) is 11.8 Å². The Bertz CT molecular complexity index is 156. The standard InChI is InChI=1S/C10H19NO/c1-11-6-5-10(11)9(7-12)8-3-2-4-8/h8-10,12H,2-7H2,1H3. The van der Waals surface area contributed by atoms with E-state index in [2.05, 4.69) is 11.9 Å². The number of aliphatic hydroxyl groups is 1. The van der Waals surface area contributed by atoms with Crippen LogP contribution in [0.1, 0.15) is 25.7 Å². The summed E-state index contributed by atoms with van der Waals surface area (Å²) in [6.45, 7) is 1.63. The third-order valence-corrected chi connectivity index (χ3v) is 3.80. The molecule has 2 unspecified atom stereocenters. The molecule has 0 spiro atoms. The van der Waals surface area contributed by atoms with Gasteiger partial charge in [-0.2, -0.15) is 0 Å². The minimum atomic E-state index is 0.402. The smallest absolute Gasteiger partial charge is 0.0476 e. The summed E-state index contributed by atoms with van der Waals surface area (Å²) >= 11 is 0. The number of hydrogen-bond donors (Lipinski definition) is 1. The van der Waals surface area contributed by atoms with Crippen LogP contribution < -0.4 is 0 Å². The lowest BCUT2D eigenvalue weighted by Crippen LogP contribution is -2.53. The van der Waals surface area contributed by atoms with Crippen molar-refractivity contribution < 1.29 is 5.11 Å². The lowest BCUT2D eigenvalue weighted by molar-refractivity contribution is -0.00635. The van der Waals surface area contributed by atoms with Crippen molar-refractivity contribution in [1.82, 2.24) is 4.90 Å². The summed E-state index contributed by atoms with van der Waals surface area (Å²) in [6.07, 6.45) is 5.40. The molecule has 12 heavy (non-hydrogen) atoms. The minimum absolute atomic E-state index is 0.402. The van der Waals surface area contributed by atoms with Gasteiger partial charge < -0.3 is 10.0 Å². The van der Waals surface area contributed by atoms with Gasteiger partial charge in [0.25, 0.3) is 0 Å². The summed E-state index contributed by atoms with van der Waals surface area (Å²) in [5.74, 6) is 1.42. The first-order valence-electron chi connectivity index (χ1n) is 5.14. The van der Waals surface area contributed by atoms with Crippen LogP contribution in [0.3, 0.4) is 0 Å². The van der Waals surface area contributed by atoms with Crippen LogP contribution in [0, 0.1) is 11.8 Å². The Labute approximate surface area is 74.6 Å². The molecule has 1 saturated heterocycles. The molecule has 1 aliphatic heterocycles. The molecule has 2 atom stereocenters. The van der Waals surface area contributed by atoms with Crippen molar-refractivity contribution in [2.45, 2.75) is 31.7 Å². The normalized spacial score (nSPS) is 34.0. The highest BCUT2D eigenvalue weighted by atomic mass is 16.3. The maximum absolute atomic E-state index is 9.29. The van der Waals surface area contributed by atoms with Gasteiger partial charge in [-0.05, 0) is 25.9 Å². The highest BCUT2D eigenvalue weighted by molar-refractivity contribution is 4.91. The third kappa shape index (κ3) is 1.27. The number of hydrogen-bond acceptors (Lipinski definition) is 2. The molecule has 2 nitrogen and oxygen atoms in total. The summed E-state index contributed by atoms with van der Waals surface area (Å²) in [7, 11) is 2.18. The molecule has 0 aromatic heterocycles. The van der Waals surface area contributed by atoms with Crippen LogP contribution in [0.25, 0.3) is 0 Å². The highest BCUT2D eigenvalue weighted by Crippen LogP contribution is 2.39. The molecule has 0 aromatic rings. The minimum Gasteiger partial charge on any atom is -0.396 e. The largest absolute Gasteiger partial charge is 0.396 e. The van der Waals surface area contributed by atoms with Crippen LogP contribution in [0.4, 0.5) is 0 Å². The van der Waals surface area contributed by atoms with Crippen LogP contribution in [0.5, 0.6) is 0 Å². The Morgan fingerprint density at radius 3 is 2.42 bits per heavy atom. The maximum Gasteiger partial charge on any atom is 0.0476 e. The van der Waals surface area contributed by atoms with Crippen molar-refractivity contribution in [3.63, 3.8) is 0 Å². The van der Waals surface area contributed by atoms with Crippen molar-refractivity contribution in [2.75, 3.05) is 20.2 Å². The van der Waals surface area contributed by atoms with Gasteiger partial charge in [0.2, 0.25) is 0 Å². The Kier molecular flexibility index (Phi) is 2.37. The predicted octanol–water partition coefficient (Wildman–Crippen LogP) is 1.10. The van der Waals surface area contributed by atoms with Gasteiger partial charge in [0.15, 0.2) is 0 Å². The van der Waals surface area contributed by atoms with Gasteiger partial charge in [-0.1, -0.05) is 19.3 Å². The van der Waals surface area contributed by atoms with E-state index in [4.69, 9.17) is 0 Å². The SMILES string of the molecule is CN1CCC1C(CO)C1CCC1. The van der Waals surface area contributed by atoms with E-state index >= 15 is 0 Å². The molecule has 2 heteroatoms. The van der Waals surface area contributed by atoms with Crippen LogP contribution in [-0.2, 0) is 0 Å². The van der Waals surface area contributed by atoms with Gasteiger partial charge in [-0.3, -0.25) is 0 Å². The van der Waals surface area contributed by atoms with Crippen LogP contribution in [-0.4, -0.2) is 36.2 Å². The zero-order chi connectivity index (χ0) is 8.55. The van der Waals surface area contributed by atoms with Crippen molar-refractivity contribution in [3.8, 4) is 0 Å². The Hall–Kier alpha value is -0.0800. The molecule has 0 bridgehead atoms. The van der Waals surface area contributed by atoms with E-state index in [1.54, 1.807) is 0 Å². The summed E-state index contributed by atoms with van der Waals surface area (Å²) < 4.78 is 0. The number of likely N-dealkylation sites (tertiary alicyclic amines) is 1. The number of aliphatic hydroxyl groups excluding tert-OH is 1. The monoisotopic (exact) mass is 169 g/mol. The molecule has 0 amide bonds. The fourth-order valence-corrected chi connectivity index (χ4v) is 2.53. The lowest BCUT2D eigenvalue weighted by Gasteiger charge is -2.47. The fraction of sp³-hybridized carbons (Fsp3) is 1.00. The van der Waals surface area contributed by atoms with Gasteiger partial charge in [0.05, 0.1) is 0 Å². The molecule has 1 saturated carbocycles. The molecule has 1 heterocycles. The number of nitrogens with zero attached hydrogens (tertiary/aromatic N) is 1. The van der Waals surface area contributed by atoms with Crippen molar-refractivity contribution >= 4 is 0 Å². The van der Waals surface area contributed by atoms with E-state index in [0.717, 1.165) is 5.92 Å². The summed E-state index contributed by atoms with van der Waals surface area (Å²) in [5.41, 5.74) is 0. The van der Waals surface area contributed by atoms with Crippen LogP contribution >= 0.6 is 0 Å². The second-order valence-corrected chi connectivity index (χ2v) is 4.37. The lowest BCUT2D eigenvalue weighted by atomic mass is 9.70. The number of rotatable bonds is 3. The van der Waals surface area contributed by atoms with Gasteiger partial charge in [0.1, 0.15) is 0 Å². The van der Waals surface area contributed by atoms with E-state index in [0.29, 0.717) is 18.6 Å². The van der Waals surface area contributed by atoms with E-state index in [1.165, 1.54) is 32.2 Å². The average molecular weight is 169 g/mol. The maximum atomic E-state index is 9.29. The molecule has 1 N–H and O–H groups in total. The van der Waals surface area contributed by atoms with Gasteiger partial charge >= 0.3 is 0 Å². The van der Waals surface area contributed by atoms with Crippen LogP contribution in [0.2, 0.25) is 0 Å². The van der Waals surface area contributed by atoms with E-state index in [-0.39, 0.29) is 0 Å².